The van der Waals surface area contributed by atoms with Crippen LogP contribution < -0.4 is 9.80 Å². The number of furan rings is 2. The van der Waals surface area contributed by atoms with Gasteiger partial charge in [0.25, 0.3) is 0 Å². The molecule has 0 fully saturated rings. The van der Waals surface area contributed by atoms with Crippen LogP contribution in [0.3, 0.4) is 0 Å². The minimum atomic E-state index is 0.276. The molecular weight excluding hydrogens is 1040 g/mol. The van der Waals surface area contributed by atoms with Gasteiger partial charge in [-0.2, -0.15) is 0 Å². The van der Waals surface area contributed by atoms with Gasteiger partial charge in [-0.15, -0.1) is 0 Å². The van der Waals surface area contributed by atoms with Gasteiger partial charge in [0.15, 0.2) is 11.2 Å². The lowest BCUT2D eigenvalue weighted by atomic mass is 9.90. The standard InChI is InChI=1S/C82H62N2O2/c1-51(2)61-29-17-31-63-65-33-19-35-75(81(65)85-79(61)63)83(73-47-41-59(53-21-9-5-10-22-53)49-69(73)55-25-13-7-14-26-55)71-45-39-57-38-44-68-72(46-40-58-37-43-67(71)77(57)78(58)68)84(76-36-20-34-66-64-32-18-30-62(52(3)4)80(64)86-82(66)76)74-48-42-60(54-23-11-6-12-24-54)50-70(74)56-27-15-8-16-28-56/h5-15,17-27,29-52H,16,28H2,1-4H3. The smallest absolute Gasteiger partial charge is 0.159 e. The molecule has 412 valence electrons. The molecule has 0 N–H and O–H groups in total. The third-order valence-corrected chi connectivity index (χ3v) is 18.0. The zero-order valence-electron chi connectivity index (χ0n) is 48.7. The van der Waals surface area contributed by atoms with Crippen molar-refractivity contribution in [3.8, 4) is 33.4 Å². The Kier molecular flexibility index (Phi) is 12.3. The number of hydrogen-bond donors (Lipinski definition) is 0. The molecule has 0 amide bonds. The van der Waals surface area contributed by atoms with Crippen molar-refractivity contribution in [3.05, 3.63) is 284 Å². The SMILES string of the molecule is CC(C)c1cccc2c1oc1c(N(c3ccc(-c4ccccc4)cc3C3=CC=CCC3)c3ccc4ccc5c(N(c6ccc(-c7ccccc7)cc6-c6ccccc6)c6cccc7c6oc6c(C(C)C)cccc67)ccc6ccc3c4c65)cccc12. The molecule has 0 atom stereocenters. The molecule has 0 spiro atoms. The van der Waals surface area contributed by atoms with Crippen LogP contribution in [0, 0.1) is 0 Å². The fourth-order valence-electron chi connectivity index (χ4n) is 13.9. The zero-order chi connectivity index (χ0) is 57.6. The van der Waals surface area contributed by atoms with Crippen molar-refractivity contribution in [2.45, 2.75) is 52.4 Å². The molecule has 16 rings (SSSR count). The van der Waals surface area contributed by atoms with E-state index >= 15 is 0 Å². The first-order valence-corrected chi connectivity index (χ1v) is 30.3. The lowest BCUT2D eigenvalue weighted by molar-refractivity contribution is 0.657. The highest BCUT2D eigenvalue weighted by molar-refractivity contribution is 6.29. The third kappa shape index (κ3) is 8.34. The zero-order valence-corrected chi connectivity index (χ0v) is 48.7. The summed E-state index contributed by atoms with van der Waals surface area (Å²) in [7, 11) is 0. The van der Waals surface area contributed by atoms with Crippen molar-refractivity contribution < 1.29 is 8.83 Å². The van der Waals surface area contributed by atoms with Crippen LogP contribution in [0.4, 0.5) is 34.1 Å². The highest BCUT2D eigenvalue weighted by Gasteiger charge is 2.29. The van der Waals surface area contributed by atoms with Crippen molar-refractivity contribution >= 4 is 116 Å². The summed E-state index contributed by atoms with van der Waals surface area (Å²) in [4.78, 5) is 4.99. The van der Waals surface area contributed by atoms with E-state index in [1.165, 1.54) is 60.5 Å². The van der Waals surface area contributed by atoms with Gasteiger partial charge in [0, 0.05) is 43.4 Å². The van der Waals surface area contributed by atoms with Gasteiger partial charge < -0.3 is 18.6 Å². The molecule has 4 nitrogen and oxygen atoms in total. The predicted molar refractivity (Wildman–Crippen MR) is 365 cm³/mol. The summed E-state index contributed by atoms with van der Waals surface area (Å²) in [6, 6.07) is 91.7. The molecule has 1 aliphatic carbocycles. The molecule has 0 saturated carbocycles. The van der Waals surface area contributed by atoms with Gasteiger partial charge in [-0.1, -0.05) is 246 Å². The summed E-state index contributed by atoms with van der Waals surface area (Å²) in [5, 5.41) is 11.5. The van der Waals surface area contributed by atoms with Crippen LogP contribution in [0.1, 0.15) is 69.1 Å². The lowest BCUT2D eigenvalue weighted by Crippen LogP contribution is -2.14. The molecule has 13 aromatic carbocycles. The molecule has 86 heavy (non-hydrogen) atoms. The van der Waals surface area contributed by atoms with E-state index < -0.39 is 0 Å². The average Bonchev–Trinajstić information content (AvgIpc) is 1.25. The van der Waals surface area contributed by atoms with E-state index in [0.29, 0.717) is 0 Å². The molecule has 0 bridgehead atoms. The summed E-state index contributed by atoms with van der Waals surface area (Å²) in [6.45, 7) is 9.00. The van der Waals surface area contributed by atoms with E-state index in [0.717, 1.165) is 118 Å². The van der Waals surface area contributed by atoms with Gasteiger partial charge in [0.05, 0.1) is 34.1 Å². The van der Waals surface area contributed by atoms with Gasteiger partial charge in [-0.3, -0.25) is 0 Å². The molecule has 4 heteroatoms. The van der Waals surface area contributed by atoms with Gasteiger partial charge in [-0.05, 0) is 139 Å². The second-order valence-electron chi connectivity index (χ2n) is 23.8. The molecule has 0 radical (unpaired) electrons. The summed E-state index contributed by atoms with van der Waals surface area (Å²) in [5.74, 6) is 0.557. The van der Waals surface area contributed by atoms with Crippen LogP contribution in [0.15, 0.2) is 276 Å². The van der Waals surface area contributed by atoms with E-state index in [2.05, 4.69) is 304 Å². The Morgan fingerprint density at radius 3 is 1.21 bits per heavy atom. The van der Waals surface area contributed by atoms with Gasteiger partial charge >= 0.3 is 0 Å². The maximum atomic E-state index is 7.29. The highest BCUT2D eigenvalue weighted by atomic mass is 16.3. The maximum Gasteiger partial charge on any atom is 0.159 e. The Morgan fingerprint density at radius 2 is 0.744 bits per heavy atom. The van der Waals surface area contributed by atoms with E-state index in [1.54, 1.807) is 0 Å². The van der Waals surface area contributed by atoms with Crippen molar-refractivity contribution in [3.63, 3.8) is 0 Å². The first-order chi connectivity index (χ1) is 42.3. The number of hydrogen-bond acceptors (Lipinski definition) is 4. The summed E-state index contributed by atoms with van der Waals surface area (Å²) < 4.78 is 14.6. The lowest BCUT2D eigenvalue weighted by Gasteiger charge is -2.31. The third-order valence-electron chi connectivity index (χ3n) is 18.0. The number of benzene rings is 13. The van der Waals surface area contributed by atoms with E-state index in [1.807, 2.05) is 0 Å². The maximum absolute atomic E-state index is 7.29. The number of anilines is 6. The Morgan fingerprint density at radius 1 is 0.326 bits per heavy atom. The molecule has 0 unspecified atom stereocenters. The number of allylic oxidation sites excluding steroid dienone is 4. The van der Waals surface area contributed by atoms with Crippen molar-refractivity contribution in [2.24, 2.45) is 0 Å². The second kappa shape index (κ2) is 20.7. The Hall–Kier alpha value is -10.4. The van der Waals surface area contributed by atoms with Crippen molar-refractivity contribution in [1.29, 1.82) is 0 Å². The summed E-state index contributed by atoms with van der Waals surface area (Å²) >= 11 is 0. The van der Waals surface area contributed by atoms with Crippen molar-refractivity contribution in [2.75, 3.05) is 9.80 Å². The summed E-state index contributed by atoms with van der Waals surface area (Å²) in [6.07, 6.45) is 8.73. The first-order valence-electron chi connectivity index (χ1n) is 30.3. The average molecular weight is 1110 g/mol. The monoisotopic (exact) mass is 1110 g/mol. The first kappa shape index (κ1) is 51.2. The topological polar surface area (TPSA) is 32.8 Å². The van der Waals surface area contributed by atoms with Crippen LogP contribution in [-0.2, 0) is 0 Å². The van der Waals surface area contributed by atoms with Crippen LogP contribution in [0.5, 0.6) is 0 Å². The van der Waals surface area contributed by atoms with Crippen LogP contribution in [-0.4, -0.2) is 0 Å². The molecule has 0 saturated heterocycles. The van der Waals surface area contributed by atoms with E-state index in [4.69, 9.17) is 8.83 Å². The van der Waals surface area contributed by atoms with Gasteiger partial charge in [0.2, 0.25) is 0 Å². The van der Waals surface area contributed by atoms with Crippen LogP contribution >= 0.6 is 0 Å². The van der Waals surface area contributed by atoms with Crippen LogP contribution in [0.2, 0.25) is 0 Å². The minimum Gasteiger partial charge on any atom is -0.454 e. The Bertz CT molecular complexity index is 5180. The quantitative estimate of drug-likeness (QED) is 0.114. The normalized spacial score (nSPS) is 12.8. The van der Waals surface area contributed by atoms with Gasteiger partial charge in [0.1, 0.15) is 11.2 Å². The van der Waals surface area contributed by atoms with Crippen molar-refractivity contribution in [1.82, 2.24) is 0 Å². The molecule has 2 heterocycles. The number of fused-ring (bicyclic) bond motifs is 6. The number of nitrogens with zero attached hydrogens (tertiary/aromatic N) is 2. The van der Waals surface area contributed by atoms with Gasteiger partial charge in [-0.25, -0.2) is 0 Å². The molecule has 1 aliphatic rings. The fraction of sp³-hybridized carbons (Fsp3) is 0.0976. The van der Waals surface area contributed by atoms with E-state index in [9.17, 15) is 0 Å². The Balaban J connectivity index is 0.985. The molecule has 15 aromatic rings. The minimum absolute atomic E-state index is 0.276. The largest absolute Gasteiger partial charge is 0.454 e. The molecule has 0 aliphatic heterocycles. The second-order valence-corrected chi connectivity index (χ2v) is 23.8. The van der Waals surface area contributed by atoms with Crippen LogP contribution in [0.25, 0.3) is 115 Å². The number of para-hydroxylation sites is 4. The predicted octanol–water partition coefficient (Wildman–Crippen LogP) is 24.3. The molecular formula is C82H62N2O2. The molecule has 2 aromatic heterocycles. The highest BCUT2D eigenvalue weighted by Crippen LogP contribution is 2.54. The number of rotatable bonds is 12. The van der Waals surface area contributed by atoms with E-state index in [-0.39, 0.29) is 11.8 Å². The fourth-order valence-corrected chi connectivity index (χ4v) is 13.9. The summed E-state index contributed by atoms with van der Waals surface area (Å²) in [5.41, 5.74) is 21.7. The Labute approximate surface area is 501 Å².